The van der Waals surface area contributed by atoms with Crippen LogP contribution in [0.1, 0.15) is 0 Å². The van der Waals surface area contributed by atoms with Gasteiger partial charge in [0.1, 0.15) is 0 Å². The summed E-state index contributed by atoms with van der Waals surface area (Å²) in [5.41, 5.74) is 0. The lowest BCUT2D eigenvalue weighted by atomic mass is 10.4. The molecule has 2 aromatic rings. The third kappa shape index (κ3) is 2.42. The third-order valence-electron chi connectivity index (χ3n) is 2.95. The zero-order valence-corrected chi connectivity index (χ0v) is 14.0. The van der Waals surface area contributed by atoms with Crippen LogP contribution in [0, 0.1) is 0 Å². The summed E-state index contributed by atoms with van der Waals surface area (Å²) in [6.45, 7) is 0. The third-order valence-corrected chi connectivity index (χ3v) is 10.7. The van der Waals surface area contributed by atoms with Crippen LogP contribution in [-0.4, -0.2) is 0 Å². The van der Waals surface area contributed by atoms with Gasteiger partial charge in [0, 0.05) is 10.6 Å². The standard InChI is InChI=1S/C12H10N5PS3/c1-3-7-11(8-4-1)18(12-9-5-2-6-10-12)13-20-15-19-16-21(14-18)17-20/h1-10H. The Morgan fingerprint density at radius 1 is 0.762 bits per heavy atom. The number of rotatable bonds is 2. The number of hydrogen-bond acceptors (Lipinski definition) is 5. The summed E-state index contributed by atoms with van der Waals surface area (Å²) in [5.74, 6) is 0. The van der Waals surface area contributed by atoms with Crippen molar-refractivity contribution in [2.45, 2.75) is 0 Å². The van der Waals surface area contributed by atoms with Crippen LogP contribution in [-0.2, 0) is 33.5 Å². The topological polar surface area (TPSA) is 61.8 Å². The average molecular weight is 351 g/mol. The summed E-state index contributed by atoms with van der Waals surface area (Å²) in [6, 6.07) is 20.5. The molecule has 0 amide bonds. The molecule has 0 fully saturated rings. The first kappa shape index (κ1) is 13.5. The Hall–Kier alpha value is -1.21. The van der Waals surface area contributed by atoms with E-state index >= 15 is 0 Å². The monoisotopic (exact) mass is 351 g/mol. The van der Waals surface area contributed by atoms with Crippen molar-refractivity contribution < 1.29 is 0 Å². The van der Waals surface area contributed by atoms with E-state index in [0.717, 1.165) is 10.6 Å². The molecule has 2 atom stereocenters. The van der Waals surface area contributed by atoms with Crippen LogP contribution in [0.4, 0.5) is 0 Å². The van der Waals surface area contributed by atoms with Gasteiger partial charge in [-0.15, -0.1) is 11.3 Å². The van der Waals surface area contributed by atoms with Crippen molar-refractivity contribution in [3.8, 4) is 0 Å². The summed E-state index contributed by atoms with van der Waals surface area (Å²) in [7, 11) is -2.19. The summed E-state index contributed by atoms with van der Waals surface area (Å²) >= 11 is -0.117. The molecule has 0 spiro atoms. The summed E-state index contributed by atoms with van der Waals surface area (Å²) < 4.78 is 22.9. The van der Waals surface area contributed by atoms with Crippen molar-refractivity contribution in [1.82, 2.24) is 0 Å². The lowest BCUT2D eigenvalue weighted by molar-refractivity contribution is 1.65. The largest absolute Gasteiger partial charge is 0.170 e. The Balaban J connectivity index is 2.05. The van der Waals surface area contributed by atoms with Gasteiger partial charge in [-0.1, -0.05) is 60.7 Å². The van der Waals surface area contributed by atoms with Gasteiger partial charge >= 0.3 is 0 Å². The van der Waals surface area contributed by atoms with Gasteiger partial charge in [-0.3, -0.25) is 0 Å². The first-order valence-electron chi connectivity index (χ1n) is 6.13. The van der Waals surface area contributed by atoms with E-state index in [0.29, 0.717) is 0 Å². The van der Waals surface area contributed by atoms with Gasteiger partial charge in [0.25, 0.3) is 0 Å². The molecule has 0 aromatic heterocycles. The SMILES string of the molecule is c1ccc(P2(c3ccccc3)=NS3=NS(=N2)N=S=N3)cc1. The molecule has 2 aliphatic heterocycles. The van der Waals surface area contributed by atoms with E-state index in [1.165, 1.54) is 11.4 Å². The van der Waals surface area contributed by atoms with Crippen molar-refractivity contribution >= 4 is 51.3 Å². The van der Waals surface area contributed by atoms with E-state index < -0.39 is 29.3 Å². The van der Waals surface area contributed by atoms with E-state index in [4.69, 9.17) is 8.28 Å². The van der Waals surface area contributed by atoms with Gasteiger partial charge in [0.2, 0.25) is 0 Å². The van der Waals surface area contributed by atoms with Crippen molar-refractivity contribution in [2.24, 2.45) is 19.6 Å². The lowest BCUT2D eigenvalue weighted by Crippen LogP contribution is -2.17. The Labute approximate surface area is 131 Å². The quantitative estimate of drug-likeness (QED) is 0.744. The van der Waals surface area contributed by atoms with E-state index in [1.807, 2.05) is 36.4 Å². The molecule has 0 saturated carbocycles. The number of hydrogen-bond donors (Lipinski definition) is 0. The highest BCUT2D eigenvalue weighted by molar-refractivity contribution is 8.08. The van der Waals surface area contributed by atoms with Crippen LogP contribution in [0.3, 0.4) is 0 Å². The molecule has 0 saturated heterocycles. The van der Waals surface area contributed by atoms with Crippen molar-refractivity contribution in [2.75, 3.05) is 0 Å². The molecule has 21 heavy (non-hydrogen) atoms. The molecule has 0 N–H and O–H groups in total. The smallest absolute Gasteiger partial charge is 0.167 e. The van der Waals surface area contributed by atoms with Crippen LogP contribution in [0.5, 0.6) is 0 Å². The summed E-state index contributed by atoms with van der Waals surface area (Å²) in [5, 5.41) is 2.27. The first-order chi connectivity index (χ1) is 10.4. The summed E-state index contributed by atoms with van der Waals surface area (Å²) in [4.78, 5) is 0. The fourth-order valence-corrected chi connectivity index (χ4v) is 10.7. The van der Waals surface area contributed by atoms with Gasteiger partial charge in [-0.05, 0) is 0 Å². The van der Waals surface area contributed by atoms with E-state index in [2.05, 4.69) is 35.6 Å². The minimum Gasteiger partial charge on any atom is -0.170 e. The molecule has 2 heterocycles. The molecule has 5 nitrogen and oxygen atoms in total. The Morgan fingerprint density at radius 2 is 1.33 bits per heavy atom. The fraction of sp³-hybridized carbons (Fsp3) is 0. The second kappa shape index (κ2) is 5.53. The number of benzene rings is 2. The molecule has 2 aliphatic rings. The van der Waals surface area contributed by atoms with Crippen LogP contribution in [0.15, 0.2) is 80.3 Å². The highest BCUT2D eigenvalue weighted by Crippen LogP contribution is 2.52. The lowest BCUT2D eigenvalue weighted by Gasteiger charge is -2.23. The molecule has 2 bridgehead atoms. The minimum absolute atomic E-state index is 0.653. The maximum Gasteiger partial charge on any atom is 0.167 e. The fourth-order valence-electron chi connectivity index (χ4n) is 2.06. The van der Waals surface area contributed by atoms with Gasteiger partial charge in [0.05, 0.1) is 11.4 Å². The first-order valence-corrected chi connectivity index (χ1v) is 10.7. The molecule has 2 unspecified atom stereocenters. The van der Waals surface area contributed by atoms with Crippen molar-refractivity contribution in [3.63, 3.8) is 0 Å². The highest BCUT2D eigenvalue weighted by atomic mass is 32.3. The van der Waals surface area contributed by atoms with Crippen LogP contribution in [0.2, 0.25) is 0 Å². The molecule has 0 radical (unpaired) electrons. The van der Waals surface area contributed by atoms with E-state index in [-0.39, 0.29) is 0 Å². The normalized spacial score (nSPS) is 25.0. The van der Waals surface area contributed by atoms with E-state index in [9.17, 15) is 0 Å². The van der Waals surface area contributed by atoms with Gasteiger partial charge in [-0.25, -0.2) is 0 Å². The van der Waals surface area contributed by atoms with Gasteiger partial charge < -0.3 is 0 Å². The molecule has 2 aromatic carbocycles. The maximum absolute atomic E-state index is 4.94. The van der Waals surface area contributed by atoms with Crippen molar-refractivity contribution in [1.29, 1.82) is 0 Å². The second-order valence-electron chi connectivity index (χ2n) is 4.23. The predicted octanol–water partition coefficient (Wildman–Crippen LogP) is 3.49. The Kier molecular flexibility index (Phi) is 3.54. The molecular weight excluding hydrogens is 341 g/mol. The molecule has 4 rings (SSSR count). The predicted molar refractivity (Wildman–Crippen MR) is 93.3 cm³/mol. The Morgan fingerprint density at radius 3 is 1.90 bits per heavy atom. The zero-order valence-electron chi connectivity index (χ0n) is 10.7. The summed E-state index contributed by atoms with van der Waals surface area (Å²) in [6.07, 6.45) is 0. The zero-order chi connectivity index (χ0) is 14.1. The second-order valence-corrected chi connectivity index (χ2v) is 10.7. The average Bonchev–Trinajstić information content (AvgIpc) is 2.56. The van der Waals surface area contributed by atoms with Crippen molar-refractivity contribution in [3.05, 3.63) is 60.7 Å². The molecule has 0 aliphatic carbocycles. The highest BCUT2D eigenvalue weighted by Gasteiger charge is 2.29. The molecule has 106 valence electrons. The Bertz CT molecular complexity index is 842. The number of nitrogens with zero attached hydrogens (tertiary/aromatic N) is 5. The van der Waals surface area contributed by atoms with Gasteiger partial charge in [-0.2, -0.15) is 8.28 Å². The molecular formula is C12H10N5PS3. The van der Waals surface area contributed by atoms with Gasteiger partial charge in [0.15, 0.2) is 29.3 Å². The van der Waals surface area contributed by atoms with E-state index in [1.54, 1.807) is 0 Å². The van der Waals surface area contributed by atoms with Crippen LogP contribution >= 0.6 is 7.21 Å². The van der Waals surface area contributed by atoms with Crippen LogP contribution < -0.4 is 10.6 Å². The number of fused-ring (bicyclic) bond motifs is 1. The molecule has 9 heteroatoms. The minimum atomic E-state index is -2.19. The maximum atomic E-state index is 4.94. The van der Waals surface area contributed by atoms with Crippen LogP contribution in [0.25, 0.3) is 0 Å².